The summed E-state index contributed by atoms with van der Waals surface area (Å²) in [5, 5.41) is 14.2. The number of anilines is 1. The maximum Gasteiger partial charge on any atom is 0.312 e. The van der Waals surface area contributed by atoms with Crippen molar-refractivity contribution in [3.8, 4) is 0 Å². The summed E-state index contributed by atoms with van der Waals surface area (Å²) in [6.07, 6.45) is 1.57. The Labute approximate surface area is 368 Å². The lowest BCUT2D eigenvalue weighted by Gasteiger charge is -2.25. The maximum absolute atomic E-state index is 13.4. The van der Waals surface area contributed by atoms with Crippen LogP contribution in [0.15, 0.2) is 24.3 Å². The van der Waals surface area contributed by atoms with E-state index >= 15 is 0 Å². The predicted molar refractivity (Wildman–Crippen MR) is 237 cm³/mol. The molecule has 1 aromatic rings. The number of nitrogens with two attached hydrogens (primary N) is 1. The first-order valence-corrected chi connectivity index (χ1v) is 22.0. The zero-order valence-electron chi connectivity index (χ0n) is 37.2. The summed E-state index contributed by atoms with van der Waals surface area (Å²) < 4.78 is 43.9. The Morgan fingerprint density at radius 3 is 1.49 bits per heavy atom. The Morgan fingerprint density at radius 2 is 1.07 bits per heavy atom. The van der Waals surface area contributed by atoms with Gasteiger partial charge in [0.05, 0.1) is 106 Å². The van der Waals surface area contributed by atoms with Gasteiger partial charge in [-0.3, -0.25) is 14.4 Å². The molecule has 0 heterocycles. The molecule has 0 bridgehead atoms. The van der Waals surface area contributed by atoms with Gasteiger partial charge in [-0.25, -0.2) is 4.79 Å². The number of hydrogen-bond donors (Lipinski definition) is 7. The molecule has 0 fully saturated rings. The number of urea groups is 1. The molecule has 0 radical (unpaired) electrons. The molecule has 3 atom stereocenters. The van der Waals surface area contributed by atoms with E-state index in [1.165, 1.54) is 0 Å². The van der Waals surface area contributed by atoms with Gasteiger partial charge in [0.25, 0.3) is 0 Å². The SMILES string of the molecule is CC(C)Cc1ccc(NC(=O)[C@H](CCCNC(N)=O)NC(=O)[C@@H](NC(=O)CCOCCOCCOCCOCCOCCOCCOCCOCCNC(C)S)C(C)C)cc1. The minimum Gasteiger partial charge on any atom is -0.379 e. The third-order valence-corrected chi connectivity index (χ3v) is 8.68. The number of hydrogen-bond acceptors (Lipinski definition) is 14. The monoisotopic (exact) mass is 889 g/mol. The largest absolute Gasteiger partial charge is 0.379 e. The van der Waals surface area contributed by atoms with Gasteiger partial charge in [-0.2, -0.15) is 12.6 Å². The summed E-state index contributed by atoms with van der Waals surface area (Å²) in [5.74, 6) is -1.04. The molecule has 0 saturated heterocycles. The predicted octanol–water partition coefficient (Wildman–Crippen LogP) is 2.29. The minimum absolute atomic E-state index is 0.0377. The summed E-state index contributed by atoms with van der Waals surface area (Å²) in [6.45, 7) is 17.8. The molecule has 0 aliphatic rings. The Bertz CT molecular complexity index is 1280. The van der Waals surface area contributed by atoms with Gasteiger partial charge < -0.3 is 70.2 Å². The lowest BCUT2D eigenvalue weighted by molar-refractivity contribution is -0.132. The second-order valence-electron chi connectivity index (χ2n) is 14.8. The van der Waals surface area contributed by atoms with E-state index in [0.29, 0.717) is 111 Å². The van der Waals surface area contributed by atoms with Crippen molar-refractivity contribution in [3.63, 3.8) is 0 Å². The van der Waals surface area contributed by atoms with E-state index in [2.05, 4.69) is 53.1 Å². The van der Waals surface area contributed by atoms with Crippen LogP contribution in [0.2, 0.25) is 0 Å². The fraction of sp³-hybridized carbons (Fsp3) is 0.762. The zero-order valence-corrected chi connectivity index (χ0v) is 38.1. The highest BCUT2D eigenvalue weighted by Crippen LogP contribution is 2.14. The van der Waals surface area contributed by atoms with Crippen molar-refractivity contribution in [3.05, 3.63) is 29.8 Å². The van der Waals surface area contributed by atoms with Crippen molar-refractivity contribution in [2.24, 2.45) is 17.6 Å². The summed E-state index contributed by atoms with van der Waals surface area (Å²) in [7, 11) is 0. The van der Waals surface area contributed by atoms with E-state index in [0.717, 1.165) is 18.5 Å². The van der Waals surface area contributed by atoms with Gasteiger partial charge in [0.15, 0.2) is 0 Å². The first-order chi connectivity index (χ1) is 29.4. The lowest BCUT2D eigenvalue weighted by atomic mass is 10.0. The van der Waals surface area contributed by atoms with Crippen LogP contribution in [0.5, 0.6) is 0 Å². The molecule has 352 valence electrons. The van der Waals surface area contributed by atoms with E-state index in [1.54, 1.807) is 13.8 Å². The van der Waals surface area contributed by atoms with E-state index in [1.807, 2.05) is 31.2 Å². The van der Waals surface area contributed by atoms with Crippen molar-refractivity contribution < 1.29 is 57.1 Å². The maximum atomic E-state index is 13.4. The third-order valence-electron chi connectivity index (χ3n) is 8.50. The molecular formula is C42H76N6O12S. The number of rotatable bonds is 40. The van der Waals surface area contributed by atoms with E-state index in [-0.39, 0.29) is 49.8 Å². The highest BCUT2D eigenvalue weighted by atomic mass is 32.1. The molecular weight excluding hydrogens is 813 g/mol. The second-order valence-corrected chi connectivity index (χ2v) is 15.6. The van der Waals surface area contributed by atoms with Crippen molar-refractivity contribution in [2.45, 2.75) is 77.8 Å². The molecule has 19 heteroatoms. The van der Waals surface area contributed by atoms with Crippen LogP contribution < -0.4 is 32.3 Å². The van der Waals surface area contributed by atoms with Crippen LogP contribution in [0.25, 0.3) is 0 Å². The van der Waals surface area contributed by atoms with Crippen LogP contribution in [0.4, 0.5) is 10.5 Å². The average molecular weight is 889 g/mol. The van der Waals surface area contributed by atoms with Gasteiger partial charge in [-0.05, 0) is 55.7 Å². The lowest BCUT2D eigenvalue weighted by Crippen LogP contribution is -2.54. The molecule has 0 aromatic heterocycles. The summed E-state index contributed by atoms with van der Waals surface area (Å²) >= 11 is 4.24. The number of benzene rings is 1. The fourth-order valence-electron chi connectivity index (χ4n) is 5.40. The summed E-state index contributed by atoms with van der Waals surface area (Å²) in [4.78, 5) is 50.6. The highest BCUT2D eigenvalue weighted by Gasteiger charge is 2.29. The molecule has 1 unspecified atom stereocenters. The molecule has 18 nitrogen and oxygen atoms in total. The summed E-state index contributed by atoms with van der Waals surface area (Å²) in [6, 6.07) is 5.08. The van der Waals surface area contributed by atoms with Crippen LogP contribution in [0, 0.1) is 11.8 Å². The molecule has 61 heavy (non-hydrogen) atoms. The zero-order chi connectivity index (χ0) is 44.9. The number of nitrogens with one attached hydrogen (secondary N) is 5. The number of amides is 5. The average Bonchev–Trinajstić information content (AvgIpc) is 3.20. The van der Waals surface area contributed by atoms with Crippen LogP contribution in [0.3, 0.4) is 0 Å². The number of primary amides is 1. The molecule has 0 saturated carbocycles. The second kappa shape index (κ2) is 37.4. The standard InChI is InChI=1S/C42H76N6O12S/c1-32(2)31-35-8-10-36(11-9-35)46-40(50)37(7-6-13-45-42(43)52)47-41(51)39(33(3)4)48-38(49)12-15-53-17-19-55-21-23-57-25-27-59-29-30-60-28-26-58-24-22-56-20-18-54-16-14-44-34(5)61/h8-11,32-34,37,39,44,61H,6-7,12-31H2,1-5H3,(H,46,50)(H,47,51)(H,48,49)(H3,43,45,52)/t34?,37-,39-/m0/s1. The van der Waals surface area contributed by atoms with Crippen LogP contribution >= 0.6 is 12.6 Å². The Balaban J connectivity index is 2.15. The van der Waals surface area contributed by atoms with E-state index in [4.69, 9.17) is 43.6 Å². The Hall–Kier alpha value is -3.11. The van der Waals surface area contributed by atoms with Crippen molar-refractivity contribution in [2.75, 3.05) is 124 Å². The molecule has 0 aliphatic heterocycles. The van der Waals surface area contributed by atoms with Gasteiger partial charge >= 0.3 is 6.03 Å². The fourth-order valence-corrected chi connectivity index (χ4v) is 5.53. The Morgan fingerprint density at radius 1 is 0.607 bits per heavy atom. The molecule has 1 aromatic carbocycles. The van der Waals surface area contributed by atoms with Crippen molar-refractivity contribution in [1.82, 2.24) is 21.3 Å². The first-order valence-electron chi connectivity index (χ1n) is 21.4. The normalized spacial score (nSPS) is 12.9. The number of ether oxygens (including phenoxy) is 8. The van der Waals surface area contributed by atoms with Gasteiger partial charge in [-0.1, -0.05) is 39.8 Å². The van der Waals surface area contributed by atoms with Crippen LogP contribution in [-0.2, 0) is 58.7 Å². The van der Waals surface area contributed by atoms with Gasteiger partial charge in [0.1, 0.15) is 12.1 Å². The Kier molecular flexibility index (Phi) is 34.3. The highest BCUT2D eigenvalue weighted by molar-refractivity contribution is 7.80. The molecule has 1 rings (SSSR count). The van der Waals surface area contributed by atoms with Crippen molar-refractivity contribution >= 4 is 42.1 Å². The van der Waals surface area contributed by atoms with Crippen molar-refractivity contribution in [1.29, 1.82) is 0 Å². The first kappa shape index (κ1) is 55.9. The number of carbonyl (C=O) groups is 4. The summed E-state index contributed by atoms with van der Waals surface area (Å²) in [5.41, 5.74) is 6.92. The van der Waals surface area contributed by atoms with Gasteiger partial charge in [-0.15, -0.1) is 0 Å². The third kappa shape index (κ3) is 33.2. The van der Waals surface area contributed by atoms with Gasteiger partial charge in [0, 0.05) is 30.6 Å². The minimum atomic E-state index is -0.922. The van der Waals surface area contributed by atoms with Gasteiger partial charge in [0.2, 0.25) is 17.7 Å². The molecule has 0 spiro atoms. The molecule has 0 aliphatic carbocycles. The topological polar surface area (TPSA) is 228 Å². The molecule has 7 N–H and O–H groups in total. The molecule has 5 amide bonds. The van der Waals surface area contributed by atoms with E-state index in [9.17, 15) is 19.2 Å². The number of thiol groups is 1. The van der Waals surface area contributed by atoms with Crippen LogP contribution in [-0.4, -0.2) is 160 Å². The van der Waals surface area contributed by atoms with E-state index < -0.39 is 29.9 Å². The number of carbonyl (C=O) groups excluding carboxylic acids is 4. The van der Waals surface area contributed by atoms with Crippen LogP contribution in [0.1, 0.15) is 59.4 Å². The quantitative estimate of drug-likeness (QED) is 0.0286. The smallest absolute Gasteiger partial charge is 0.312 e.